The Kier molecular flexibility index (Phi) is 4.01. The van der Waals surface area contributed by atoms with Crippen molar-refractivity contribution < 1.29 is 18.6 Å². The van der Waals surface area contributed by atoms with Crippen LogP contribution in [-0.2, 0) is 0 Å². The molecule has 0 aromatic heterocycles. The monoisotopic (exact) mass is 281 g/mol. The zero-order valence-corrected chi connectivity index (χ0v) is 9.51. The van der Waals surface area contributed by atoms with E-state index in [1.807, 2.05) is 0 Å². The predicted octanol–water partition coefficient (Wildman–Crippen LogP) is 1.73. The number of methoxy groups -OCH3 is 1. The summed E-state index contributed by atoms with van der Waals surface area (Å²) in [6.07, 6.45) is -1.18. The van der Waals surface area contributed by atoms with E-state index in [1.165, 1.54) is 0 Å². The standard InChI is InChI=1S/C9H10BrF2NO2/c1-15-9-7(11)4(6(14)3-13)2-5(10)8(9)12/h2,6,14H,3,13H2,1H3. The Hall–Kier alpha value is -0.720. The van der Waals surface area contributed by atoms with Crippen LogP contribution in [-0.4, -0.2) is 18.8 Å². The SMILES string of the molecule is COc1c(F)c(Br)cc(C(O)CN)c1F. The van der Waals surface area contributed by atoms with E-state index in [4.69, 9.17) is 5.73 Å². The van der Waals surface area contributed by atoms with Crippen molar-refractivity contribution in [3.63, 3.8) is 0 Å². The summed E-state index contributed by atoms with van der Waals surface area (Å²) in [5, 5.41) is 9.38. The van der Waals surface area contributed by atoms with Gasteiger partial charge in [0.2, 0.25) is 0 Å². The Morgan fingerprint density at radius 1 is 1.53 bits per heavy atom. The van der Waals surface area contributed by atoms with E-state index in [-0.39, 0.29) is 16.6 Å². The summed E-state index contributed by atoms with van der Waals surface area (Å²) in [5.74, 6) is -2.31. The maximum Gasteiger partial charge on any atom is 0.191 e. The lowest BCUT2D eigenvalue weighted by Gasteiger charge is -2.13. The Balaban J connectivity index is 3.36. The van der Waals surface area contributed by atoms with Gasteiger partial charge in [-0.3, -0.25) is 0 Å². The molecule has 0 saturated carbocycles. The number of benzene rings is 1. The van der Waals surface area contributed by atoms with Crippen molar-refractivity contribution in [3.8, 4) is 5.75 Å². The van der Waals surface area contributed by atoms with Crippen LogP contribution in [0.15, 0.2) is 10.5 Å². The van der Waals surface area contributed by atoms with Gasteiger partial charge in [0.05, 0.1) is 17.7 Å². The van der Waals surface area contributed by atoms with Crippen molar-refractivity contribution >= 4 is 15.9 Å². The molecule has 0 saturated heterocycles. The maximum atomic E-state index is 13.5. The normalized spacial score (nSPS) is 12.7. The van der Waals surface area contributed by atoms with Gasteiger partial charge < -0.3 is 15.6 Å². The number of ether oxygens (including phenoxy) is 1. The van der Waals surface area contributed by atoms with Crippen LogP contribution in [0.3, 0.4) is 0 Å². The average Bonchev–Trinajstić information content (AvgIpc) is 2.23. The van der Waals surface area contributed by atoms with Crippen molar-refractivity contribution in [1.82, 2.24) is 0 Å². The summed E-state index contributed by atoms with van der Waals surface area (Å²) < 4.78 is 31.4. The van der Waals surface area contributed by atoms with Crippen LogP contribution >= 0.6 is 15.9 Å². The Morgan fingerprint density at radius 2 is 2.13 bits per heavy atom. The number of hydrogen-bond donors (Lipinski definition) is 2. The van der Waals surface area contributed by atoms with E-state index < -0.39 is 23.5 Å². The molecule has 84 valence electrons. The van der Waals surface area contributed by atoms with Crippen LogP contribution in [0.4, 0.5) is 8.78 Å². The average molecular weight is 282 g/mol. The highest BCUT2D eigenvalue weighted by atomic mass is 79.9. The third-order valence-electron chi connectivity index (χ3n) is 1.93. The first kappa shape index (κ1) is 12.4. The number of nitrogens with two attached hydrogens (primary N) is 1. The lowest BCUT2D eigenvalue weighted by atomic mass is 10.1. The maximum absolute atomic E-state index is 13.5. The minimum absolute atomic E-state index is 0.0169. The lowest BCUT2D eigenvalue weighted by Crippen LogP contribution is -2.14. The fourth-order valence-electron chi connectivity index (χ4n) is 1.15. The molecular formula is C9H10BrF2NO2. The van der Waals surface area contributed by atoms with Crippen molar-refractivity contribution in [2.45, 2.75) is 6.10 Å². The zero-order valence-electron chi connectivity index (χ0n) is 7.93. The number of hydrogen-bond acceptors (Lipinski definition) is 3. The largest absolute Gasteiger partial charge is 0.491 e. The quantitative estimate of drug-likeness (QED) is 0.830. The fourth-order valence-corrected chi connectivity index (χ4v) is 1.57. The summed E-state index contributed by atoms with van der Waals surface area (Å²) in [6, 6.07) is 1.14. The summed E-state index contributed by atoms with van der Waals surface area (Å²) in [7, 11) is 1.15. The molecule has 1 atom stereocenters. The second-order valence-electron chi connectivity index (χ2n) is 2.86. The van der Waals surface area contributed by atoms with E-state index in [0.717, 1.165) is 13.2 Å². The zero-order chi connectivity index (χ0) is 11.6. The molecule has 1 unspecified atom stereocenters. The number of aliphatic hydroxyl groups excluding tert-OH is 1. The van der Waals surface area contributed by atoms with Crippen LogP contribution in [0.5, 0.6) is 5.75 Å². The molecule has 0 radical (unpaired) electrons. The van der Waals surface area contributed by atoms with Gasteiger partial charge in [-0.05, 0) is 22.0 Å². The van der Waals surface area contributed by atoms with Gasteiger partial charge in [0.1, 0.15) is 0 Å². The lowest BCUT2D eigenvalue weighted by molar-refractivity contribution is 0.180. The molecule has 0 spiro atoms. The highest BCUT2D eigenvalue weighted by molar-refractivity contribution is 9.10. The molecule has 1 rings (SSSR count). The summed E-state index contributed by atoms with van der Waals surface area (Å²) in [6.45, 7) is -0.155. The van der Waals surface area contributed by atoms with E-state index in [2.05, 4.69) is 20.7 Å². The predicted molar refractivity (Wildman–Crippen MR) is 54.6 cm³/mol. The first-order chi connectivity index (χ1) is 7.02. The van der Waals surface area contributed by atoms with Crippen LogP contribution in [0.25, 0.3) is 0 Å². The van der Waals surface area contributed by atoms with E-state index in [1.54, 1.807) is 0 Å². The van der Waals surface area contributed by atoms with Gasteiger partial charge >= 0.3 is 0 Å². The van der Waals surface area contributed by atoms with Gasteiger partial charge in [0.15, 0.2) is 17.4 Å². The van der Waals surface area contributed by atoms with Crippen molar-refractivity contribution in [2.24, 2.45) is 5.73 Å². The minimum atomic E-state index is -1.18. The Bertz CT molecular complexity index is 374. The second-order valence-corrected chi connectivity index (χ2v) is 3.71. The van der Waals surface area contributed by atoms with E-state index >= 15 is 0 Å². The minimum Gasteiger partial charge on any atom is -0.491 e. The van der Waals surface area contributed by atoms with Gasteiger partial charge in [-0.25, -0.2) is 8.78 Å². The van der Waals surface area contributed by atoms with Crippen LogP contribution < -0.4 is 10.5 Å². The van der Waals surface area contributed by atoms with Crippen molar-refractivity contribution in [3.05, 3.63) is 27.7 Å². The molecule has 3 N–H and O–H groups in total. The first-order valence-electron chi connectivity index (χ1n) is 4.12. The number of halogens is 3. The van der Waals surface area contributed by atoms with Crippen LogP contribution in [0.2, 0.25) is 0 Å². The molecular weight excluding hydrogens is 272 g/mol. The molecule has 0 heterocycles. The highest BCUT2D eigenvalue weighted by Gasteiger charge is 2.21. The Labute approximate surface area is 94.0 Å². The third-order valence-corrected chi connectivity index (χ3v) is 2.51. The third kappa shape index (κ3) is 2.27. The summed E-state index contributed by atoms with van der Waals surface area (Å²) in [5.41, 5.74) is 5.09. The fraction of sp³-hybridized carbons (Fsp3) is 0.333. The molecule has 0 fully saturated rings. The van der Waals surface area contributed by atoms with Gasteiger partial charge in [-0.1, -0.05) is 0 Å². The second kappa shape index (κ2) is 4.87. The summed E-state index contributed by atoms with van der Waals surface area (Å²) in [4.78, 5) is 0. The number of rotatable bonds is 3. The highest BCUT2D eigenvalue weighted by Crippen LogP contribution is 2.33. The smallest absolute Gasteiger partial charge is 0.191 e. The van der Waals surface area contributed by atoms with Crippen molar-refractivity contribution in [2.75, 3.05) is 13.7 Å². The molecule has 0 aliphatic heterocycles. The molecule has 0 bridgehead atoms. The molecule has 0 aliphatic carbocycles. The topological polar surface area (TPSA) is 55.5 Å². The Morgan fingerprint density at radius 3 is 2.60 bits per heavy atom. The van der Waals surface area contributed by atoms with Crippen LogP contribution in [0.1, 0.15) is 11.7 Å². The van der Waals surface area contributed by atoms with Crippen LogP contribution in [0, 0.1) is 11.6 Å². The molecule has 6 heteroatoms. The van der Waals surface area contributed by atoms with Gasteiger partial charge in [-0.2, -0.15) is 0 Å². The summed E-state index contributed by atoms with van der Waals surface area (Å²) >= 11 is 2.90. The molecule has 15 heavy (non-hydrogen) atoms. The van der Waals surface area contributed by atoms with Gasteiger partial charge in [0.25, 0.3) is 0 Å². The van der Waals surface area contributed by atoms with E-state index in [9.17, 15) is 13.9 Å². The van der Waals surface area contributed by atoms with E-state index in [0.29, 0.717) is 0 Å². The van der Waals surface area contributed by atoms with Gasteiger partial charge in [0, 0.05) is 12.1 Å². The molecule has 1 aromatic rings. The molecule has 1 aromatic carbocycles. The molecule has 3 nitrogen and oxygen atoms in total. The molecule has 0 amide bonds. The molecule has 0 aliphatic rings. The van der Waals surface area contributed by atoms with Gasteiger partial charge in [-0.15, -0.1) is 0 Å². The van der Waals surface area contributed by atoms with Crippen molar-refractivity contribution in [1.29, 1.82) is 0 Å². The number of aliphatic hydroxyl groups is 1. The first-order valence-corrected chi connectivity index (χ1v) is 4.91.